The lowest BCUT2D eigenvalue weighted by Crippen LogP contribution is -2.49. The average Bonchev–Trinajstić information content (AvgIpc) is 3.09. The molecule has 3 aliphatic rings. The third kappa shape index (κ3) is 3.64. The molecule has 0 N–H and O–H groups in total. The first kappa shape index (κ1) is 18.5. The molecule has 0 atom stereocenters. The van der Waals surface area contributed by atoms with Gasteiger partial charge in [-0.2, -0.15) is 0 Å². The Labute approximate surface area is 153 Å². The predicted octanol–water partition coefficient (Wildman–Crippen LogP) is 1.95. The van der Waals surface area contributed by atoms with Gasteiger partial charge in [-0.3, -0.25) is 4.90 Å². The van der Waals surface area contributed by atoms with Crippen molar-refractivity contribution in [1.82, 2.24) is 14.7 Å². The Balaban J connectivity index is 1.57. The van der Waals surface area contributed by atoms with Crippen LogP contribution in [0, 0.1) is 0 Å². The van der Waals surface area contributed by atoms with E-state index in [0.29, 0.717) is 37.4 Å². The first-order valence-corrected chi connectivity index (χ1v) is 9.10. The SMILES string of the molecule is CC1=C(N2CCN(C3CCN(C(=O)OC(C)(C)C)CC3)C2=O)COC1=O. The van der Waals surface area contributed by atoms with Crippen molar-refractivity contribution in [3.8, 4) is 0 Å². The van der Waals surface area contributed by atoms with Crippen LogP contribution in [0.2, 0.25) is 0 Å². The zero-order valence-corrected chi connectivity index (χ0v) is 15.9. The van der Waals surface area contributed by atoms with E-state index < -0.39 is 5.60 Å². The lowest BCUT2D eigenvalue weighted by Gasteiger charge is -2.37. The number of hydrogen-bond acceptors (Lipinski definition) is 5. The Morgan fingerprint density at radius 2 is 1.77 bits per heavy atom. The van der Waals surface area contributed by atoms with Gasteiger partial charge >= 0.3 is 18.1 Å². The topological polar surface area (TPSA) is 79.4 Å². The third-order valence-corrected chi connectivity index (χ3v) is 5.00. The van der Waals surface area contributed by atoms with Crippen LogP contribution in [0.1, 0.15) is 40.5 Å². The van der Waals surface area contributed by atoms with Gasteiger partial charge in [-0.1, -0.05) is 0 Å². The summed E-state index contributed by atoms with van der Waals surface area (Å²) >= 11 is 0. The zero-order valence-electron chi connectivity index (χ0n) is 15.9. The average molecular weight is 365 g/mol. The summed E-state index contributed by atoms with van der Waals surface area (Å²) in [7, 11) is 0. The molecule has 2 fully saturated rings. The van der Waals surface area contributed by atoms with Crippen LogP contribution in [0.4, 0.5) is 9.59 Å². The monoisotopic (exact) mass is 365 g/mol. The van der Waals surface area contributed by atoms with Crippen molar-refractivity contribution in [2.24, 2.45) is 0 Å². The number of amides is 3. The van der Waals surface area contributed by atoms with Crippen LogP contribution in [-0.4, -0.2) is 77.2 Å². The maximum Gasteiger partial charge on any atom is 0.410 e. The number of cyclic esters (lactones) is 1. The maximum absolute atomic E-state index is 12.8. The lowest BCUT2D eigenvalue weighted by atomic mass is 10.0. The van der Waals surface area contributed by atoms with Gasteiger partial charge in [0, 0.05) is 32.2 Å². The predicted molar refractivity (Wildman–Crippen MR) is 93.3 cm³/mol. The minimum absolute atomic E-state index is 0.0756. The number of carbonyl (C=O) groups excluding carboxylic acids is 3. The maximum atomic E-state index is 12.8. The van der Waals surface area contributed by atoms with Crippen LogP contribution in [0.5, 0.6) is 0 Å². The van der Waals surface area contributed by atoms with Gasteiger partial charge in [-0.05, 0) is 40.5 Å². The minimum atomic E-state index is -0.508. The Kier molecular flexibility index (Phi) is 4.86. The number of hydrogen-bond donors (Lipinski definition) is 0. The standard InChI is InChI=1S/C18H27N3O5/c1-12-14(11-25-15(12)22)21-10-9-20(16(21)23)13-5-7-19(8-6-13)17(24)26-18(2,3)4/h13H,5-11H2,1-4H3. The largest absolute Gasteiger partial charge is 0.456 e. The summed E-state index contributed by atoms with van der Waals surface area (Å²) in [4.78, 5) is 41.7. The molecule has 0 saturated carbocycles. The molecular formula is C18H27N3O5. The highest BCUT2D eigenvalue weighted by molar-refractivity contribution is 5.92. The van der Waals surface area contributed by atoms with Gasteiger partial charge in [-0.15, -0.1) is 0 Å². The van der Waals surface area contributed by atoms with Crippen molar-refractivity contribution < 1.29 is 23.9 Å². The molecule has 26 heavy (non-hydrogen) atoms. The van der Waals surface area contributed by atoms with Crippen molar-refractivity contribution in [1.29, 1.82) is 0 Å². The van der Waals surface area contributed by atoms with E-state index in [1.807, 2.05) is 25.7 Å². The normalized spacial score (nSPS) is 22.4. The first-order chi connectivity index (χ1) is 12.2. The van der Waals surface area contributed by atoms with Gasteiger partial charge in [0.2, 0.25) is 0 Å². The summed E-state index contributed by atoms with van der Waals surface area (Å²) in [6, 6.07) is 0.0264. The highest BCUT2D eigenvalue weighted by Gasteiger charge is 2.40. The second kappa shape index (κ2) is 6.81. The molecule has 144 valence electrons. The Morgan fingerprint density at radius 1 is 1.12 bits per heavy atom. The van der Waals surface area contributed by atoms with E-state index in [0.717, 1.165) is 12.8 Å². The van der Waals surface area contributed by atoms with Crippen LogP contribution in [-0.2, 0) is 14.3 Å². The number of carbonyl (C=O) groups is 3. The second-order valence-corrected chi connectivity index (χ2v) is 7.97. The fraction of sp³-hybridized carbons (Fsp3) is 0.722. The van der Waals surface area contributed by atoms with E-state index in [-0.39, 0.29) is 30.7 Å². The lowest BCUT2D eigenvalue weighted by molar-refractivity contribution is -0.136. The van der Waals surface area contributed by atoms with Crippen LogP contribution >= 0.6 is 0 Å². The van der Waals surface area contributed by atoms with E-state index in [9.17, 15) is 14.4 Å². The van der Waals surface area contributed by atoms with Crippen molar-refractivity contribution in [3.63, 3.8) is 0 Å². The Bertz CT molecular complexity index is 644. The molecule has 0 aromatic rings. The molecule has 3 rings (SSSR count). The minimum Gasteiger partial charge on any atom is -0.456 e. The number of piperidine rings is 1. The van der Waals surface area contributed by atoms with E-state index in [1.165, 1.54) is 0 Å². The summed E-state index contributed by atoms with van der Waals surface area (Å²) in [6.07, 6.45) is 1.16. The number of nitrogens with zero attached hydrogens (tertiary/aromatic N) is 3. The fourth-order valence-corrected chi connectivity index (χ4v) is 3.58. The van der Waals surface area contributed by atoms with Crippen LogP contribution in [0.15, 0.2) is 11.3 Å². The Hall–Kier alpha value is -2.25. The zero-order chi connectivity index (χ0) is 19.1. The van der Waals surface area contributed by atoms with Gasteiger partial charge in [0.15, 0.2) is 0 Å². The van der Waals surface area contributed by atoms with Crippen LogP contribution in [0.25, 0.3) is 0 Å². The summed E-state index contributed by atoms with van der Waals surface area (Å²) in [6.45, 7) is 9.76. The number of urea groups is 1. The number of rotatable bonds is 2. The smallest absolute Gasteiger partial charge is 0.410 e. The van der Waals surface area contributed by atoms with E-state index >= 15 is 0 Å². The molecule has 0 spiro atoms. The molecule has 0 aromatic heterocycles. The highest BCUT2D eigenvalue weighted by atomic mass is 16.6. The summed E-state index contributed by atoms with van der Waals surface area (Å²) in [5.41, 5.74) is 0.680. The fourth-order valence-electron chi connectivity index (χ4n) is 3.58. The van der Waals surface area contributed by atoms with Crippen molar-refractivity contribution in [2.45, 2.75) is 52.2 Å². The van der Waals surface area contributed by atoms with Crippen molar-refractivity contribution in [2.75, 3.05) is 32.8 Å². The molecule has 0 radical (unpaired) electrons. The Morgan fingerprint density at radius 3 is 2.31 bits per heavy atom. The van der Waals surface area contributed by atoms with Gasteiger partial charge < -0.3 is 19.3 Å². The van der Waals surface area contributed by atoms with E-state index in [4.69, 9.17) is 9.47 Å². The van der Waals surface area contributed by atoms with Gasteiger partial charge in [-0.25, -0.2) is 14.4 Å². The second-order valence-electron chi connectivity index (χ2n) is 7.97. The summed E-state index contributed by atoms with van der Waals surface area (Å²) < 4.78 is 10.4. The van der Waals surface area contributed by atoms with Crippen LogP contribution in [0.3, 0.4) is 0 Å². The molecule has 0 aromatic carbocycles. The number of likely N-dealkylation sites (tertiary alicyclic amines) is 1. The quantitative estimate of drug-likeness (QED) is 0.699. The summed E-state index contributed by atoms with van der Waals surface area (Å²) in [5.74, 6) is -0.350. The van der Waals surface area contributed by atoms with Gasteiger partial charge in [0.1, 0.15) is 12.2 Å². The molecule has 0 aliphatic carbocycles. The number of ether oxygens (including phenoxy) is 2. The summed E-state index contributed by atoms with van der Waals surface area (Å²) in [5, 5.41) is 0. The highest BCUT2D eigenvalue weighted by Crippen LogP contribution is 2.27. The molecule has 2 saturated heterocycles. The van der Waals surface area contributed by atoms with Gasteiger partial charge in [0.25, 0.3) is 0 Å². The first-order valence-electron chi connectivity index (χ1n) is 9.10. The molecule has 8 nitrogen and oxygen atoms in total. The molecule has 3 aliphatic heterocycles. The number of esters is 1. The van der Waals surface area contributed by atoms with Gasteiger partial charge in [0.05, 0.1) is 11.3 Å². The van der Waals surface area contributed by atoms with E-state index in [2.05, 4.69) is 0 Å². The molecule has 3 amide bonds. The molecule has 0 unspecified atom stereocenters. The van der Waals surface area contributed by atoms with Crippen molar-refractivity contribution in [3.05, 3.63) is 11.3 Å². The molecule has 8 heteroatoms. The molecule has 0 bridgehead atoms. The van der Waals surface area contributed by atoms with Crippen LogP contribution < -0.4 is 0 Å². The van der Waals surface area contributed by atoms with E-state index in [1.54, 1.807) is 16.7 Å². The third-order valence-electron chi connectivity index (χ3n) is 5.00. The molecular weight excluding hydrogens is 338 g/mol. The molecule has 3 heterocycles. The van der Waals surface area contributed by atoms with Crippen molar-refractivity contribution >= 4 is 18.1 Å².